The lowest BCUT2D eigenvalue weighted by molar-refractivity contribution is -0.141. The summed E-state index contributed by atoms with van der Waals surface area (Å²) in [5.41, 5.74) is -0.137. The molecule has 1 aliphatic heterocycles. The van der Waals surface area contributed by atoms with Crippen molar-refractivity contribution in [2.24, 2.45) is 5.92 Å². The summed E-state index contributed by atoms with van der Waals surface area (Å²) in [6.45, 7) is 1.31. The van der Waals surface area contributed by atoms with Gasteiger partial charge in [0.15, 0.2) is 0 Å². The first-order valence-corrected chi connectivity index (χ1v) is 8.55. The van der Waals surface area contributed by atoms with Gasteiger partial charge in [-0.3, -0.25) is 19.7 Å². The number of amides is 3. The van der Waals surface area contributed by atoms with Gasteiger partial charge in [-0.25, -0.2) is 9.59 Å². The monoisotopic (exact) mass is 391 g/mol. The third kappa shape index (κ3) is 5.13. The molecule has 1 aromatic rings. The van der Waals surface area contributed by atoms with E-state index in [0.29, 0.717) is 25.9 Å². The second-order valence-electron chi connectivity index (χ2n) is 6.04. The molecular weight excluding hydrogens is 370 g/mol. The Morgan fingerprint density at radius 3 is 2.21 bits per heavy atom. The Morgan fingerprint density at radius 1 is 0.964 bits per heavy atom. The molecule has 0 bridgehead atoms. The average molecular weight is 391 g/mol. The minimum Gasteiger partial charge on any atom is -0.465 e. The third-order valence-electron chi connectivity index (χ3n) is 4.25. The van der Waals surface area contributed by atoms with Crippen LogP contribution >= 0.6 is 0 Å². The van der Waals surface area contributed by atoms with Crippen LogP contribution in [0, 0.1) is 5.92 Å². The lowest BCUT2D eigenvalue weighted by Crippen LogP contribution is -2.44. The SMILES string of the molecule is COC(=O)c1ccc(C(=O)OC)c(NC(=O)C(=O)NC(=O)C2CCNCC2)c1. The van der Waals surface area contributed by atoms with Crippen LogP contribution in [0.2, 0.25) is 0 Å². The van der Waals surface area contributed by atoms with E-state index >= 15 is 0 Å². The maximum Gasteiger partial charge on any atom is 0.339 e. The molecule has 150 valence electrons. The predicted molar refractivity (Wildman–Crippen MR) is 96.5 cm³/mol. The Balaban J connectivity index is 2.14. The smallest absolute Gasteiger partial charge is 0.339 e. The molecule has 2 rings (SSSR count). The first-order valence-electron chi connectivity index (χ1n) is 8.55. The normalized spacial score (nSPS) is 13.9. The van der Waals surface area contributed by atoms with Gasteiger partial charge in [0.05, 0.1) is 31.0 Å². The number of anilines is 1. The van der Waals surface area contributed by atoms with E-state index in [-0.39, 0.29) is 22.7 Å². The zero-order chi connectivity index (χ0) is 20.7. The highest BCUT2D eigenvalue weighted by atomic mass is 16.5. The number of nitrogens with one attached hydrogen (secondary N) is 3. The molecule has 1 aromatic carbocycles. The van der Waals surface area contributed by atoms with Crippen LogP contribution in [0.15, 0.2) is 18.2 Å². The van der Waals surface area contributed by atoms with E-state index in [2.05, 4.69) is 25.4 Å². The molecule has 3 N–H and O–H groups in total. The summed E-state index contributed by atoms with van der Waals surface area (Å²) in [6, 6.07) is 3.75. The zero-order valence-corrected chi connectivity index (χ0v) is 15.5. The number of hydrogen-bond acceptors (Lipinski definition) is 8. The molecule has 28 heavy (non-hydrogen) atoms. The molecule has 1 heterocycles. The number of ether oxygens (including phenoxy) is 2. The van der Waals surface area contributed by atoms with E-state index < -0.39 is 29.7 Å². The number of rotatable bonds is 4. The fraction of sp³-hybridized carbons (Fsp3) is 0.389. The topological polar surface area (TPSA) is 140 Å². The van der Waals surface area contributed by atoms with Gasteiger partial charge in [0.1, 0.15) is 0 Å². The molecule has 0 aromatic heterocycles. The van der Waals surface area contributed by atoms with E-state index in [0.717, 1.165) is 7.11 Å². The quantitative estimate of drug-likeness (QED) is 0.475. The number of carbonyl (C=O) groups excluding carboxylic acids is 5. The van der Waals surface area contributed by atoms with Crippen molar-refractivity contribution in [1.82, 2.24) is 10.6 Å². The van der Waals surface area contributed by atoms with E-state index in [1.165, 1.54) is 25.3 Å². The summed E-state index contributed by atoms with van der Waals surface area (Å²) in [5, 5.41) is 7.38. The van der Waals surface area contributed by atoms with Crippen LogP contribution < -0.4 is 16.0 Å². The van der Waals surface area contributed by atoms with E-state index in [4.69, 9.17) is 0 Å². The standard InChI is InChI=1S/C18H21N3O7/c1-27-17(25)11-3-4-12(18(26)28-2)13(9-11)20-15(23)16(24)21-14(22)10-5-7-19-8-6-10/h3-4,9-10,19H,5-8H2,1-2H3,(H,20,23)(H,21,22,24). The highest BCUT2D eigenvalue weighted by Crippen LogP contribution is 2.20. The van der Waals surface area contributed by atoms with Crippen LogP contribution in [0.4, 0.5) is 5.69 Å². The fourth-order valence-electron chi connectivity index (χ4n) is 2.71. The van der Waals surface area contributed by atoms with Gasteiger partial charge >= 0.3 is 23.8 Å². The Morgan fingerprint density at radius 2 is 1.61 bits per heavy atom. The highest BCUT2D eigenvalue weighted by molar-refractivity contribution is 6.42. The number of methoxy groups -OCH3 is 2. The molecular formula is C18H21N3O7. The molecule has 0 radical (unpaired) electrons. The first-order chi connectivity index (χ1) is 13.4. The van der Waals surface area contributed by atoms with Crippen LogP contribution in [0.25, 0.3) is 0 Å². The number of hydrogen-bond donors (Lipinski definition) is 3. The summed E-state index contributed by atoms with van der Waals surface area (Å²) in [5.74, 6) is -4.68. The van der Waals surface area contributed by atoms with Gasteiger partial charge in [-0.1, -0.05) is 0 Å². The maximum absolute atomic E-state index is 12.2. The molecule has 1 saturated heterocycles. The Bertz CT molecular complexity index is 800. The molecule has 0 unspecified atom stereocenters. The average Bonchev–Trinajstić information content (AvgIpc) is 2.72. The van der Waals surface area contributed by atoms with Gasteiger partial charge < -0.3 is 20.1 Å². The minimum atomic E-state index is -1.16. The van der Waals surface area contributed by atoms with Gasteiger partial charge in [0.2, 0.25) is 5.91 Å². The lowest BCUT2D eigenvalue weighted by Gasteiger charge is -2.21. The van der Waals surface area contributed by atoms with Crippen molar-refractivity contribution in [1.29, 1.82) is 0 Å². The van der Waals surface area contributed by atoms with Crippen LogP contribution in [-0.4, -0.2) is 57.0 Å². The van der Waals surface area contributed by atoms with Gasteiger partial charge in [0, 0.05) is 5.92 Å². The van der Waals surface area contributed by atoms with Crippen molar-refractivity contribution < 1.29 is 33.4 Å². The van der Waals surface area contributed by atoms with E-state index in [1.54, 1.807) is 0 Å². The molecule has 10 heteroatoms. The van der Waals surface area contributed by atoms with Gasteiger partial charge in [-0.15, -0.1) is 0 Å². The lowest BCUT2D eigenvalue weighted by atomic mass is 9.97. The summed E-state index contributed by atoms with van der Waals surface area (Å²) >= 11 is 0. The number of imide groups is 1. The van der Waals surface area contributed by atoms with Crippen LogP contribution in [-0.2, 0) is 23.9 Å². The van der Waals surface area contributed by atoms with Crippen molar-refractivity contribution >= 4 is 35.3 Å². The van der Waals surface area contributed by atoms with Gasteiger partial charge in [-0.05, 0) is 44.1 Å². The molecule has 10 nitrogen and oxygen atoms in total. The van der Waals surface area contributed by atoms with Crippen LogP contribution in [0.1, 0.15) is 33.6 Å². The zero-order valence-electron chi connectivity index (χ0n) is 15.5. The van der Waals surface area contributed by atoms with Crippen LogP contribution in [0.3, 0.4) is 0 Å². The third-order valence-corrected chi connectivity index (χ3v) is 4.25. The van der Waals surface area contributed by atoms with Crippen LogP contribution in [0.5, 0.6) is 0 Å². The van der Waals surface area contributed by atoms with E-state index in [9.17, 15) is 24.0 Å². The molecule has 0 spiro atoms. The molecule has 1 fully saturated rings. The van der Waals surface area contributed by atoms with Gasteiger partial charge in [-0.2, -0.15) is 0 Å². The Labute approximate surface area is 160 Å². The van der Waals surface area contributed by atoms with Crippen molar-refractivity contribution in [3.05, 3.63) is 29.3 Å². The largest absolute Gasteiger partial charge is 0.465 e. The number of piperidine rings is 1. The molecule has 0 atom stereocenters. The summed E-state index contributed by atoms with van der Waals surface area (Å²) in [7, 11) is 2.32. The second kappa shape index (κ2) is 9.60. The first kappa shape index (κ1) is 21.0. The van der Waals surface area contributed by atoms with E-state index in [1.807, 2.05) is 0 Å². The predicted octanol–water partition coefficient (Wildman–Crippen LogP) is -0.159. The summed E-state index contributed by atoms with van der Waals surface area (Å²) in [4.78, 5) is 59.9. The summed E-state index contributed by atoms with van der Waals surface area (Å²) < 4.78 is 9.22. The van der Waals surface area contributed by atoms with Crippen molar-refractivity contribution in [3.63, 3.8) is 0 Å². The second-order valence-corrected chi connectivity index (χ2v) is 6.04. The van der Waals surface area contributed by atoms with Crippen molar-refractivity contribution in [3.8, 4) is 0 Å². The van der Waals surface area contributed by atoms with Gasteiger partial charge in [0.25, 0.3) is 0 Å². The van der Waals surface area contributed by atoms with Crippen molar-refractivity contribution in [2.45, 2.75) is 12.8 Å². The fourth-order valence-corrected chi connectivity index (χ4v) is 2.71. The molecule has 3 amide bonds. The summed E-state index contributed by atoms with van der Waals surface area (Å²) in [6.07, 6.45) is 1.13. The highest BCUT2D eigenvalue weighted by Gasteiger charge is 2.26. The number of esters is 2. The molecule has 1 aliphatic rings. The maximum atomic E-state index is 12.2. The molecule has 0 saturated carbocycles. The Kier molecular flexibility index (Phi) is 7.21. The van der Waals surface area contributed by atoms with Crippen molar-refractivity contribution in [2.75, 3.05) is 32.6 Å². The Hall–Kier alpha value is -3.27. The number of benzene rings is 1. The number of carbonyl (C=O) groups is 5. The minimum absolute atomic E-state index is 0.0524. The molecule has 0 aliphatic carbocycles.